The van der Waals surface area contributed by atoms with Crippen LogP contribution in [0.3, 0.4) is 0 Å². The summed E-state index contributed by atoms with van der Waals surface area (Å²) in [5, 5.41) is 6.94. The Labute approximate surface area is 152 Å². The van der Waals surface area contributed by atoms with Gasteiger partial charge in [-0.25, -0.2) is 9.48 Å². The summed E-state index contributed by atoms with van der Waals surface area (Å²) < 4.78 is 6.98. The zero-order chi connectivity index (χ0) is 18.0. The molecule has 1 aromatic heterocycles. The maximum atomic E-state index is 11.6. The van der Waals surface area contributed by atoms with E-state index in [2.05, 4.69) is 10.4 Å². The molecule has 2 aromatic carbocycles. The lowest BCUT2D eigenvalue weighted by atomic mass is 10.2. The van der Waals surface area contributed by atoms with Crippen molar-refractivity contribution in [2.24, 2.45) is 0 Å². The van der Waals surface area contributed by atoms with E-state index in [4.69, 9.17) is 4.74 Å². The number of nitrogens with one attached hydrogen (secondary N) is 1. The summed E-state index contributed by atoms with van der Waals surface area (Å²) in [5.41, 5.74) is 3.10. The molecule has 0 fully saturated rings. The number of benzene rings is 2. The van der Waals surface area contributed by atoms with Crippen molar-refractivity contribution in [3.8, 4) is 5.69 Å². The second-order valence-electron chi connectivity index (χ2n) is 5.72. The fraction of sp³-hybridized carbons (Fsp3) is 0.143. The third-order valence-electron chi connectivity index (χ3n) is 3.77. The highest BCUT2D eigenvalue weighted by atomic mass is 16.5. The first-order chi connectivity index (χ1) is 12.8. The van der Waals surface area contributed by atoms with E-state index in [1.165, 1.54) is 0 Å². The van der Waals surface area contributed by atoms with Gasteiger partial charge in [0.1, 0.15) is 6.61 Å². The molecule has 1 heterocycles. The molecule has 0 radical (unpaired) electrons. The minimum Gasteiger partial charge on any atom is -0.445 e. The second-order valence-corrected chi connectivity index (χ2v) is 5.72. The first kappa shape index (κ1) is 17.5. The second kappa shape index (κ2) is 9.22. The van der Waals surface area contributed by atoms with Crippen LogP contribution in [-0.4, -0.2) is 22.4 Å². The molecule has 0 saturated heterocycles. The Morgan fingerprint density at radius 3 is 2.62 bits per heavy atom. The minimum atomic E-state index is -0.397. The quantitative estimate of drug-likeness (QED) is 0.652. The number of alkyl carbamates (subject to hydrolysis) is 1. The Balaban J connectivity index is 1.36. The number of carbonyl (C=O) groups excluding carboxylic acids is 1. The van der Waals surface area contributed by atoms with E-state index in [0.717, 1.165) is 23.2 Å². The lowest BCUT2D eigenvalue weighted by molar-refractivity contribution is 0.140. The molecule has 0 aliphatic carbocycles. The smallest absolute Gasteiger partial charge is 0.407 e. The Morgan fingerprint density at radius 1 is 1.08 bits per heavy atom. The summed E-state index contributed by atoms with van der Waals surface area (Å²) in [5.74, 6) is 0. The molecule has 1 N–H and O–H groups in total. The van der Waals surface area contributed by atoms with Gasteiger partial charge in [0.2, 0.25) is 0 Å². The SMILES string of the molecule is O=C(NCCC=Cc1ccc(-n2cccn2)cc1)OCc1ccccc1. The molecule has 1 amide bonds. The molecule has 0 aliphatic heterocycles. The summed E-state index contributed by atoms with van der Waals surface area (Å²) in [6.45, 7) is 0.820. The standard InChI is InChI=1S/C21H21N3O2/c25-21(26-17-19-8-2-1-3-9-19)22-14-5-4-7-18-10-12-20(13-11-18)24-16-6-15-23-24/h1-4,6-13,15-16H,5,14,17H2,(H,22,25). The summed E-state index contributed by atoms with van der Waals surface area (Å²) >= 11 is 0. The molecule has 0 bridgehead atoms. The van der Waals surface area contributed by atoms with E-state index in [-0.39, 0.29) is 6.61 Å². The van der Waals surface area contributed by atoms with Gasteiger partial charge in [-0.05, 0) is 35.7 Å². The zero-order valence-electron chi connectivity index (χ0n) is 14.4. The topological polar surface area (TPSA) is 56.2 Å². The molecule has 3 aromatic rings. The number of amides is 1. The highest BCUT2D eigenvalue weighted by Gasteiger charge is 2.00. The van der Waals surface area contributed by atoms with E-state index in [1.54, 1.807) is 6.20 Å². The van der Waals surface area contributed by atoms with E-state index in [9.17, 15) is 4.79 Å². The first-order valence-corrected chi connectivity index (χ1v) is 8.52. The molecule has 3 rings (SSSR count). The van der Waals surface area contributed by atoms with E-state index in [0.29, 0.717) is 6.54 Å². The highest BCUT2D eigenvalue weighted by molar-refractivity contribution is 5.67. The maximum Gasteiger partial charge on any atom is 0.407 e. The van der Waals surface area contributed by atoms with Gasteiger partial charge in [-0.2, -0.15) is 5.10 Å². The number of ether oxygens (including phenoxy) is 1. The number of hydrogen-bond donors (Lipinski definition) is 1. The van der Waals surface area contributed by atoms with Crippen LogP contribution in [0, 0.1) is 0 Å². The van der Waals surface area contributed by atoms with E-state index < -0.39 is 6.09 Å². The Morgan fingerprint density at radius 2 is 1.88 bits per heavy atom. The van der Waals surface area contributed by atoms with Gasteiger partial charge in [0.05, 0.1) is 5.69 Å². The molecule has 0 spiro atoms. The van der Waals surface area contributed by atoms with Crippen LogP contribution in [-0.2, 0) is 11.3 Å². The van der Waals surface area contributed by atoms with Gasteiger partial charge in [-0.1, -0.05) is 54.6 Å². The Kier molecular flexibility index (Phi) is 6.20. The average molecular weight is 347 g/mol. The molecular weight excluding hydrogens is 326 g/mol. The number of nitrogens with zero attached hydrogens (tertiary/aromatic N) is 2. The molecular formula is C21H21N3O2. The number of aromatic nitrogens is 2. The minimum absolute atomic E-state index is 0.283. The normalized spacial score (nSPS) is 10.8. The molecule has 0 atom stereocenters. The van der Waals surface area contributed by atoms with Crippen molar-refractivity contribution in [1.82, 2.24) is 15.1 Å². The van der Waals surface area contributed by atoms with Crippen LogP contribution >= 0.6 is 0 Å². The molecule has 5 heteroatoms. The third kappa shape index (κ3) is 5.34. The monoisotopic (exact) mass is 347 g/mol. The molecule has 132 valence electrons. The van der Waals surface area contributed by atoms with Crippen molar-refractivity contribution in [1.29, 1.82) is 0 Å². The predicted octanol–water partition coefficient (Wildman–Crippen LogP) is 4.20. The van der Waals surface area contributed by atoms with Crippen LogP contribution in [0.4, 0.5) is 4.79 Å². The van der Waals surface area contributed by atoms with E-state index >= 15 is 0 Å². The van der Waals surface area contributed by atoms with Crippen molar-refractivity contribution in [2.75, 3.05) is 6.54 Å². The zero-order valence-corrected chi connectivity index (χ0v) is 14.4. The Hall–Kier alpha value is -3.34. The maximum absolute atomic E-state index is 11.6. The number of hydrogen-bond acceptors (Lipinski definition) is 3. The van der Waals surface area contributed by atoms with Gasteiger partial charge in [-0.3, -0.25) is 0 Å². The van der Waals surface area contributed by atoms with Crippen molar-refractivity contribution < 1.29 is 9.53 Å². The van der Waals surface area contributed by atoms with Gasteiger partial charge < -0.3 is 10.1 Å². The highest BCUT2D eigenvalue weighted by Crippen LogP contribution is 2.10. The predicted molar refractivity (Wildman–Crippen MR) is 102 cm³/mol. The van der Waals surface area contributed by atoms with Crippen LogP contribution in [0.5, 0.6) is 0 Å². The fourth-order valence-corrected chi connectivity index (χ4v) is 2.41. The van der Waals surface area contributed by atoms with Gasteiger partial charge in [0, 0.05) is 18.9 Å². The van der Waals surface area contributed by atoms with Crippen LogP contribution in [0.2, 0.25) is 0 Å². The number of carbonyl (C=O) groups is 1. The summed E-state index contributed by atoms with van der Waals surface area (Å²) in [7, 11) is 0. The first-order valence-electron chi connectivity index (χ1n) is 8.52. The van der Waals surface area contributed by atoms with Crippen LogP contribution in [0.25, 0.3) is 11.8 Å². The lowest BCUT2D eigenvalue weighted by Crippen LogP contribution is -2.24. The third-order valence-corrected chi connectivity index (χ3v) is 3.77. The average Bonchev–Trinajstić information content (AvgIpc) is 3.22. The van der Waals surface area contributed by atoms with Gasteiger partial charge in [0.15, 0.2) is 0 Å². The molecule has 0 saturated carbocycles. The molecule has 0 aliphatic rings. The van der Waals surface area contributed by atoms with Crippen LogP contribution in [0.15, 0.2) is 79.1 Å². The number of rotatable bonds is 7. The fourth-order valence-electron chi connectivity index (χ4n) is 2.41. The van der Waals surface area contributed by atoms with Crippen LogP contribution < -0.4 is 5.32 Å². The largest absolute Gasteiger partial charge is 0.445 e. The van der Waals surface area contributed by atoms with Gasteiger partial charge in [0.25, 0.3) is 0 Å². The lowest BCUT2D eigenvalue weighted by Gasteiger charge is -2.06. The van der Waals surface area contributed by atoms with Crippen molar-refractivity contribution in [2.45, 2.75) is 13.0 Å². The molecule has 26 heavy (non-hydrogen) atoms. The van der Waals surface area contributed by atoms with Gasteiger partial charge >= 0.3 is 6.09 Å². The van der Waals surface area contributed by atoms with E-state index in [1.807, 2.05) is 83.7 Å². The van der Waals surface area contributed by atoms with Crippen molar-refractivity contribution >= 4 is 12.2 Å². The Bertz CT molecular complexity index is 825. The molecule has 5 nitrogen and oxygen atoms in total. The molecule has 0 unspecified atom stereocenters. The summed E-state index contributed by atoms with van der Waals surface area (Å²) in [4.78, 5) is 11.6. The summed E-state index contributed by atoms with van der Waals surface area (Å²) in [6, 6.07) is 19.6. The van der Waals surface area contributed by atoms with Crippen molar-refractivity contribution in [3.63, 3.8) is 0 Å². The van der Waals surface area contributed by atoms with Gasteiger partial charge in [-0.15, -0.1) is 0 Å². The summed E-state index contributed by atoms with van der Waals surface area (Å²) in [6.07, 6.45) is 8.07. The van der Waals surface area contributed by atoms with Crippen LogP contribution in [0.1, 0.15) is 17.5 Å². The van der Waals surface area contributed by atoms with Crippen molar-refractivity contribution in [3.05, 3.63) is 90.3 Å².